The summed E-state index contributed by atoms with van der Waals surface area (Å²) in [6.07, 6.45) is 0. The Morgan fingerprint density at radius 3 is 2.11 bits per heavy atom. The van der Waals surface area contributed by atoms with Gasteiger partial charge in [-0.1, -0.05) is 42.5 Å². The Morgan fingerprint density at radius 1 is 0.630 bits per heavy atom. The summed E-state index contributed by atoms with van der Waals surface area (Å²) in [6, 6.07) is 16.3. The van der Waals surface area contributed by atoms with Crippen LogP contribution in [-0.4, -0.2) is 11.8 Å². The van der Waals surface area contributed by atoms with Crippen LogP contribution in [-0.2, 0) is 0 Å². The zero-order valence-electron chi connectivity index (χ0n) is 13.7. The maximum atomic E-state index is 12.6. The minimum absolute atomic E-state index is 0.351. The number of hydrogen-bond acceptors (Lipinski definition) is 2. The molecule has 1 N–H and O–H groups in total. The molecule has 0 fully saturated rings. The summed E-state index contributed by atoms with van der Waals surface area (Å²) in [7, 11) is 0. The van der Waals surface area contributed by atoms with Gasteiger partial charge < -0.3 is 0 Å². The maximum Gasteiger partial charge on any atom is 0.259 e. The number of benzene rings is 5. The van der Waals surface area contributed by atoms with E-state index in [1.54, 1.807) is 0 Å². The van der Waals surface area contributed by atoms with Crippen molar-refractivity contribution in [1.29, 1.82) is 0 Å². The number of carbonyl (C=O) groups excluding carboxylic acids is 2. The Bertz CT molecular complexity index is 1500. The van der Waals surface area contributed by atoms with Crippen LogP contribution in [0.4, 0.5) is 0 Å². The molecule has 5 aromatic rings. The van der Waals surface area contributed by atoms with Crippen molar-refractivity contribution in [3.63, 3.8) is 0 Å². The molecule has 0 radical (unpaired) electrons. The molecule has 0 saturated carbocycles. The Morgan fingerprint density at radius 2 is 1.33 bits per heavy atom. The van der Waals surface area contributed by atoms with Gasteiger partial charge in [0, 0.05) is 30.7 Å². The van der Waals surface area contributed by atoms with Gasteiger partial charge in [0.25, 0.3) is 11.8 Å². The Hall–Kier alpha value is -2.50. The van der Waals surface area contributed by atoms with E-state index in [2.05, 4.69) is 61.4 Å². The van der Waals surface area contributed by atoms with E-state index in [0.717, 1.165) is 36.8 Å². The van der Waals surface area contributed by atoms with Crippen molar-refractivity contribution in [3.05, 3.63) is 68.6 Å². The SMILES string of the molecule is O=C1NC(=O)c2c(Br)c(Br)c3c4cccc5cccc(c6ccc1c2c63)c54. The van der Waals surface area contributed by atoms with Gasteiger partial charge in [-0.25, -0.2) is 0 Å². The van der Waals surface area contributed by atoms with Crippen molar-refractivity contribution in [2.75, 3.05) is 0 Å². The first-order valence-electron chi connectivity index (χ1n) is 8.43. The van der Waals surface area contributed by atoms with E-state index < -0.39 is 0 Å². The van der Waals surface area contributed by atoms with Crippen molar-refractivity contribution < 1.29 is 9.59 Å². The lowest BCUT2D eigenvalue weighted by atomic mass is 9.85. The summed E-state index contributed by atoms with van der Waals surface area (Å²) in [5.41, 5.74) is 1.04. The average Bonchev–Trinajstić information content (AvgIpc) is 2.67. The van der Waals surface area contributed by atoms with Crippen molar-refractivity contribution in [3.8, 4) is 0 Å². The molecule has 0 spiro atoms. The topological polar surface area (TPSA) is 46.2 Å². The fourth-order valence-electron chi connectivity index (χ4n) is 4.45. The van der Waals surface area contributed by atoms with Crippen molar-refractivity contribution in [1.82, 2.24) is 5.32 Å². The minimum Gasteiger partial charge on any atom is -0.288 e. The van der Waals surface area contributed by atoms with Gasteiger partial charge in [-0.05, 0) is 64.9 Å². The lowest BCUT2D eigenvalue weighted by Crippen LogP contribution is -2.35. The molecule has 3 nitrogen and oxygen atoms in total. The van der Waals surface area contributed by atoms with Crippen molar-refractivity contribution in [2.45, 2.75) is 0 Å². The Labute approximate surface area is 169 Å². The zero-order valence-corrected chi connectivity index (χ0v) is 16.9. The number of rotatable bonds is 0. The van der Waals surface area contributed by atoms with Crippen LogP contribution in [0.3, 0.4) is 0 Å². The van der Waals surface area contributed by atoms with E-state index in [4.69, 9.17) is 0 Å². The smallest absolute Gasteiger partial charge is 0.259 e. The summed E-state index contributed by atoms with van der Waals surface area (Å²) >= 11 is 7.32. The van der Waals surface area contributed by atoms with E-state index in [9.17, 15) is 9.59 Å². The summed E-state index contributed by atoms with van der Waals surface area (Å²) in [4.78, 5) is 25.1. The quantitative estimate of drug-likeness (QED) is 0.165. The molecule has 0 bridgehead atoms. The van der Waals surface area contributed by atoms with Crippen LogP contribution in [0.1, 0.15) is 20.7 Å². The van der Waals surface area contributed by atoms with Gasteiger partial charge in [-0.15, -0.1) is 0 Å². The van der Waals surface area contributed by atoms with Crippen LogP contribution in [0.2, 0.25) is 0 Å². The maximum absolute atomic E-state index is 12.6. The molecular weight excluding hydrogens is 470 g/mol. The average molecular weight is 479 g/mol. The van der Waals surface area contributed by atoms with Crippen LogP contribution < -0.4 is 5.32 Å². The summed E-state index contributed by atoms with van der Waals surface area (Å²) < 4.78 is 1.50. The number of imide groups is 1. The summed E-state index contributed by atoms with van der Waals surface area (Å²) in [5.74, 6) is -0.725. The molecule has 0 aliphatic carbocycles. The van der Waals surface area contributed by atoms with E-state index in [1.165, 1.54) is 10.8 Å². The predicted octanol–water partition coefficient (Wildman–Crippen LogP) is 6.15. The van der Waals surface area contributed by atoms with Crippen LogP contribution in [0.5, 0.6) is 0 Å². The van der Waals surface area contributed by atoms with Crippen molar-refractivity contribution in [2.24, 2.45) is 0 Å². The second-order valence-corrected chi connectivity index (χ2v) is 8.37. The van der Waals surface area contributed by atoms with E-state index in [0.29, 0.717) is 15.6 Å². The van der Waals surface area contributed by atoms with E-state index in [-0.39, 0.29) is 11.8 Å². The highest BCUT2D eigenvalue weighted by Crippen LogP contribution is 2.48. The lowest BCUT2D eigenvalue weighted by molar-refractivity contribution is 0.0844. The largest absolute Gasteiger partial charge is 0.288 e. The van der Waals surface area contributed by atoms with Crippen LogP contribution in [0.15, 0.2) is 57.5 Å². The third kappa shape index (κ3) is 1.76. The number of halogens is 2. The van der Waals surface area contributed by atoms with E-state index >= 15 is 0 Å². The molecule has 1 heterocycles. The molecule has 1 aliphatic rings. The first-order valence-corrected chi connectivity index (χ1v) is 10.0. The third-order valence-corrected chi connectivity index (χ3v) is 7.62. The van der Waals surface area contributed by atoms with E-state index in [1.807, 2.05) is 24.3 Å². The first kappa shape index (κ1) is 15.5. The summed E-state index contributed by atoms with van der Waals surface area (Å²) in [6.45, 7) is 0. The predicted molar refractivity (Wildman–Crippen MR) is 115 cm³/mol. The number of amides is 2. The highest BCUT2D eigenvalue weighted by atomic mass is 79.9. The lowest BCUT2D eigenvalue weighted by Gasteiger charge is -2.23. The monoisotopic (exact) mass is 477 g/mol. The number of fused-ring (bicyclic) bond motifs is 2. The Balaban J connectivity index is 2.09. The second kappa shape index (κ2) is 5.06. The normalized spacial score (nSPS) is 14.0. The minimum atomic E-state index is -0.374. The van der Waals surface area contributed by atoms with Gasteiger partial charge in [0.15, 0.2) is 0 Å². The fourth-order valence-corrected chi connectivity index (χ4v) is 5.63. The van der Waals surface area contributed by atoms with Crippen LogP contribution in [0.25, 0.3) is 43.1 Å². The molecule has 1 aliphatic heterocycles. The van der Waals surface area contributed by atoms with Crippen molar-refractivity contribution >= 4 is 86.8 Å². The second-order valence-electron chi connectivity index (χ2n) is 6.78. The highest BCUT2D eigenvalue weighted by molar-refractivity contribution is 9.13. The molecule has 0 unspecified atom stereocenters. The third-order valence-electron chi connectivity index (χ3n) is 5.50. The molecule has 0 aromatic heterocycles. The van der Waals surface area contributed by atoms with Gasteiger partial charge in [-0.2, -0.15) is 0 Å². The Kier molecular flexibility index (Phi) is 2.91. The number of nitrogens with one attached hydrogen (secondary N) is 1. The molecule has 0 atom stereocenters. The van der Waals surface area contributed by atoms with Crippen LogP contribution >= 0.6 is 31.9 Å². The summed E-state index contributed by atoms with van der Waals surface area (Å²) in [5, 5.41) is 10.8. The molecule has 128 valence electrons. The molecule has 6 rings (SSSR count). The van der Waals surface area contributed by atoms with Gasteiger partial charge in [0.1, 0.15) is 0 Å². The molecule has 27 heavy (non-hydrogen) atoms. The zero-order chi connectivity index (χ0) is 18.4. The van der Waals surface area contributed by atoms with Gasteiger partial charge in [0.2, 0.25) is 0 Å². The molecular formula is C22H9Br2NO2. The van der Waals surface area contributed by atoms with Gasteiger partial charge in [-0.3, -0.25) is 14.9 Å². The van der Waals surface area contributed by atoms with Gasteiger partial charge in [0.05, 0.1) is 5.56 Å². The van der Waals surface area contributed by atoms with Gasteiger partial charge >= 0.3 is 0 Å². The fraction of sp³-hybridized carbons (Fsp3) is 0. The standard InChI is InChI=1S/C22H9Br2NO2/c23-19-17-12-6-2-4-9-3-1-5-10(14(9)12)11-7-8-13-16(15(11)17)18(20(19)24)22(27)25-21(13)26/h1-8H,(H,25,26,27). The molecule has 5 aromatic carbocycles. The van der Waals surface area contributed by atoms with Crippen LogP contribution in [0, 0.1) is 0 Å². The number of carbonyl (C=O) groups is 2. The molecule has 5 heteroatoms. The highest BCUT2D eigenvalue weighted by Gasteiger charge is 2.31. The number of hydrogen-bond donors (Lipinski definition) is 1. The molecule has 0 saturated heterocycles. The first-order chi connectivity index (χ1) is 13.1. The molecule has 2 amide bonds.